The lowest BCUT2D eigenvalue weighted by atomic mass is 9.68. The van der Waals surface area contributed by atoms with Crippen LogP contribution in [-0.4, -0.2) is 59.3 Å². The monoisotopic (exact) mass is 710 g/mol. The molecule has 1 unspecified atom stereocenters. The number of anilines is 1. The molecule has 2 amide bonds. The van der Waals surface area contributed by atoms with Crippen LogP contribution in [0.15, 0.2) is 65.2 Å². The van der Waals surface area contributed by atoms with Gasteiger partial charge in [0.25, 0.3) is 11.8 Å². The van der Waals surface area contributed by atoms with Gasteiger partial charge in [0.1, 0.15) is 15.7 Å². The highest BCUT2D eigenvalue weighted by atomic mass is 32.2. The van der Waals surface area contributed by atoms with Crippen molar-refractivity contribution in [1.29, 1.82) is 0 Å². The molecule has 2 bridgehead atoms. The van der Waals surface area contributed by atoms with Crippen molar-refractivity contribution in [2.45, 2.75) is 83.3 Å². The van der Waals surface area contributed by atoms with E-state index in [9.17, 15) is 13.8 Å². The van der Waals surface area contributed by atoms with E-state index in [1.54, 1.807) is 13.2 Å². The number of carbonyl (C=O) groups is 2. The zero-order valence-corrected chi connectivity index (χ0v) is 30.9. The van der Waals surface area contributed by atoms with Gasteiger partial charge in [0.15, 0.2) is 0 Å². The van der Waals surface area contributed by atoms with E-state index in [4.69, 9.17) is 9.47 Å². The number of methoxy groups -OCH3 is 1. The minimum Gasteiger partial charge on any atom is -0.490 e. The summed E-state index contributed by atoms with van der Waals surface area (Å²) in [7, 11) is -1.69. The third-order valence-corrected chi connectivity index (χ3v) is 14.0. The fraction of sp³-hybridized carbons (Fsp3) is 0.512. The standard InChI is InChI=1S/C41H50N4O5S/c1-27-11-15-35-29(19-27)8-5-17-41(35)25-45-22-31-12-14-34(31)37(49-3)10-4-7-28(2)24-51(48,43-40(47)32-20-33-9-6-18-44(33)23-32)42-39(46)30-13-16-38(50-26-41)36(45)21-30/h4,10-11,13,15-16,19-21,23,28,31,34,37H,5-9,12,14,17-18,22,24-26H2,1-3H3,(H,42,43,46,47,48)/b10-4+/t28-,31-,34+,37-,41-,51?/m0/s1. The number of nitrogens with one attached hydrogen (secondary N) is 1. The molecule has 6 atom stereocenters. The van der Waals surface area contributed by atoms with Gasteiger partial charge in [-0.2, -0.15) is 0 Å². The molecule has 0 saturated heterocycles. The van der Waals surface area contributed by atoms with Crippen LogP contribution >= 0.6 is 0 Å². The Hall–Kier alpha value is -3.89. The Labute approximate surface area is 302 Å². The molecule has 51 heavy (non-hydrogen) atoms. The highest BCUT2D eigenvalue weighted by Crippen LogP contribution is 2.47. The number of amides is 2. The Bertz CT molecular complexity index is 1990. The second-order valence-corrected chi connectivity index (χ2v) is 17.8. The topological polar surface area (TPSA) is 102 Å². The number of fused-ring (bicyclic) bond motifs is 5. The van der Waals surface area contributed by atoms with E-state index < -0.39 is 21.7 Å². The van der Waals surface area contributed by atoms with E-state index >= 15 is 0 Å². The number of allylic oxidation sites excluding steroid dienone is 1. The van der Waals surface area contributed by atoms with Gasteiger partial charge in [-0.3, -0.25) is 14.3 Å². The van der Waals surface area contributed by atoms with Crippen molar-refractivity contribution in [2.24, 2.45) is 22.1 Å². The Morgan fingerprint density at radius 3 is 2.80 bits per heavy atom. The van der Waals surface area contributed by atoms with E-state index in [0.29, 0.717) is 36.0 Å². The summed E-state index contributed by atoms with van der Waals surface area (Å²) >= 11 is 0. The zero-order chi connectivity index (χ0) is 35.3. The molecule has 0 radical (unpaired) electrons. The summed E-state index contributed by atoms with van der Waals surface area (Å²) < 4.78 is 36.5. The molecule has 3 aromatic rings. The van der Waals surface area contributed by atoms with E-state index in [2.05, 4.69) is 55.8 Å². The van der Waals surface area contributed by atoms with E-state index in [-0.39, 0.29) is 23.2 Å². The number of carbonyl (C=O) groups excluding carboxylic acids is 2. The first-order valence-electron chi connectivity index (χ1n) is 18.7. The predicted octanol–water partition coefficient (Wildman–Crippen LogP) is 6.81. The molecule has 1 spiro atoms. The van der Waals surface area contributed by atoms with Crippen LogP contribution in [-0.2, 0) is 39.5 Å². The molecule has 4 heterocycles. The lowest BCUT2D eigenvalue weighted by molar-refractivity contribution is 0.0131. The number of aryl methyl sites for hydroxylation is 4. The van der Waals surface area contributed by atoms with Crippen molar-refractivity contribution in [2.75, 3.05) is 37.5 Å². The summed E-state index contributed by atoms with van der Waals surface area (Å²) in [6.07, 6.45) is 14.0. The van der Waals surface area contributed by atoms with Crippen molar-refractivity contribution in [3.8, 4) is 5.75 Å². The van der Waals surface area contributed by atoms with Gasteiger partial charge in [0.2, 0.25) is 0 Å². The predicted molar refractivity (Wildman–Crippen MR) is 200 cm³/mol. The maximum Gasteiger partial charge on any atom is 0.286 e. The highest BCUT2D eigenvalue weighted by molar-refractivity contribution is 7.92. The maximum atomic E-state index is 14.6. The Kier molecular flexibility index (Phi) is 9.11. The van der Waals surface area contributed by atoms with Crippen LogP contribution in [0.5, 0.6) is 5.75 Å². The fourth-order valence-electron chi connectivity index (χ4n) is 9.26. The van der Waals surface area contributed by atoms with Gasteiger partial charge in [-0.25, -0.2) is 4.21 Å². The summed E-state index contributed by atoms with van der Waals surface area (Å²) in [4.78, 5) is 30.0. The van der Waals surface area contributed by atoms with E-state index in [1.807, 2.05) is 31.3 Å². The van der Waals surface area contributed by atoms with Crippen molar-refractivity contribution < 1.29 is 23.3 Å². The van der Waals surface area contributed by atoms with Crippen LogP contribution in [0.2, 0.25) is 0 Å². The Morgan fingerprint density at radius 1 is 1.12 bits per heavy atom. The number of ether oxygens (including phenoxy) is 2. The van der Waals surface area contributed by atoms with Crippen LogP contribution in [0.4, 0.5) is 5.69 Å². The quantitative estimate of drug-likeness (QED) is 0.300. The van der Waals surface area contributed by atoms with Gasteiger partial charge in [-0.15, -0.1) is 4.36 Å². The summed E-state index contributed by atoms with van der Waals surface area (Å²) in [5.74, 6) is 0.396. The number of aromatic nitrogens is 1. The normalized spacial score (nSPS) is 30.9. The lowest BCUT2D eigenvalue weighted by Crippen LogP contribution is -2.49. The van der Waals surface area contributed by atoms with Gasteiger partial charge < -0.3 is 18.9 Å². The van der Waals surface area contributed by atoms with Crippen LogP contribution < -0.4 is 14.4 Å². The third-order valence-electron chi connectivity index (χ3n) is 12.0. The van der Waals surface area contributed by atoms with Gasteiger partial charge >= 0.3 is 0 Å². The molecule has 2 aliphatic carbocycles. The van der Waals surface area contributed by atoms with Gasteiger partial charge in [-0.05, 0) is 111 Å². The largest absolute Gasteiger partial charge is 0.490 e. The molecule has 2 aromatic carbocycles. The first-order chi connectivity index (χ1) is 24.6. The van der Waals surface area contributed by atoms with Crippen molar-refractivity contribution >= 4 is 27.4 Å². The average Bonchev–Trinajstić information content (AvgIpc) is 3.67. The molecule has 10 heteroatoms. The highest BCUT2D eigenvalue weighted by Gasteiger charge is 2.44. The van der Waals surface area contributed by atoms with Crippen LogP contribution in [0.1, 0.15) is 88.5 Å². The molecule has 5 aliphatic rings. The van der Waals surface area contributed by atoms with Gasteiger partial charge in [-0.1, -0.05) is 42.8 Å². The molecule has 8 rings (SSSR count). The second kappa shape index (κ2) is 13.6. The second-order valence-electron chi connectivity index (χ2n) is 15.8. The summed E-state index contributed by atoms with van der Waals surface area (Å²) in [6.45, 7) is 7.15. The minimum absolute atomic E-state index is 0.0302. The van der Waals surface area contributed by atoms with E-state index in [1.165, 1.54) is 16.7 Å². The molecule has 1 aromatic heterocycles. The van der Waals surface area contributed by atoms with Crippen LogP contribution in [0, 0.1) is 24.7 Å². The summed E-state index contributed by atoms with van der Waals surface area (Å²) in [5.41, 5.74) is 6.59. The zero-order valence-electron chi connectivity index (χ0n) is 30.1. The number of nitrogens with zero attached hydrogens (tertiary/aromatic N) is 3. The van der Waals surface area contributed by atoms with E-state index in [0.717, 1.165) is 81.7 Å². The van der Waals surface area contributed by atoms with Crippen molar-refractivity contribution in [3.05, 3.63) is 94.3 Å². The van der Waals surface area contributed by atoms with Crippen LogP contribution in [0.25, 0.3) is 0 Å². The number of hydrogen-bond donors (Lipinski definition) is 1. The molecule has 3 aliphatic heterocycles. The smallest absolute Gasteiger partial charge is 0.286 e. The molecule has 1 saturated carbocycles. The fourth-order valence-corrected chi connectivity index (χ4v) is 11.2. The Balaban J connectivity index is 1.19. The first kappa shape index (κ1) is 34.2. The van der Waals surface area contributed by atoms with Gasteiger partial charge in [0, 0.05) is 49.6 Å². The maximum absolute atomic E-state index is 14.6. The molecule has 270 valence electrons. The van der Waals surface area contributed by atoms with Crippen molar-refractivity contribution in [1.82, 2.24) is 9.29 Å². The lowest BCUT2D eigenvalue weighted by Gasteiger charge is -2.46. The molecule has 9 nitrogen and oxygen atoms in total. The molecule has 1 fully saturated rings. The minimum atomic E-state index is -3.48. The summed E-state index contributed by atoms with van der Waals surface area (Å²) in [5, 5.41) is 0. The average molecular weight is 711 g/mol. The van der Waals surface area contributed by atoms with Crippen molar-refractivity contribution in [3.63, 3.8) is 0 Å². The number of rotatable bonds is 3. The molecular formula is C41H50N4O5S. The number of hydrogen-bond acceptors (Lipinski definition) is 6. The third kappa shape index (κ3) is 6.65. The SMILES string of the molecule is CO[C@H]1/C=C/C[C@H](C)CS(=O)(NC(=O)c2cc3n(c2)CCC3)=NC(=O)c2ccc3c(c2)N(C[C@@H]2CC[C@H]21)C[C@@]1(CCCc2cc(C)ccc21)CO3. The molecular weight excluding hydrogens is 661 g/mol. The summed E-state index contributed by atoms with van der Waals surface area (Å²) in [6, 6.07) is 14.2. The van der Waals surface area contributed by atoms with Crippen LogP contribution in [0.3, 0.4) is 0 Å². The van der Waals surface area contributed by atoms with Gasteiger partial charge in [0.05, 0.1) is 29.7 Å². The molecule has 1 N–H and O–H groups in total. The Morgan fingerprint density at radius 2 is 2.00 bits per heavy atom. The number of benzene rings is 2. The first-order valence-corrected chi connectivity index (χ1v) is 20.4.